The number of ether oxygens (including phenoxy) is 1. The maximum absolute atomic E-state index is 11.4. The molecule has 0 unspecified atom stereocenters. The third-order valence-corrected chi connectivity index (χ3v) is 2.65. The van der Waals surface area contributed by atoms with Gasteiger partial charge in [-0.3, -0.25) is 4.79 Å². The molecule has 0 amide bonds. The largest absolute Gasteiger partial charge is 0.497 e. The summed E-state index contributed by atoms with van der Waals surface area (Å²) in [5, 5.41) is 0. The summed E-state index contributed by atoms with van der Waals surface area (Å²) < 4.78 is 5.14. The van der Waals surface area contributed by atoms with E-state index in [2.05, 4.69) is 0 Å². The van der Waals surface area contributed by atoms with Crippen LogP contribution in [0.1, 0.15) is 18.4 Å². The lowest BCUT2D eigenvalue weighted by atomic mass is 10.0. The molecule has 15 heavy (non-hydrogen) atoms. The predicted octanol–water partition coefficient (Wildman–Crippen LogP) is 2.53. The normalized spacial score (nSPS) is 15.3. The second-order valence-electron chi connectivity index (χ2n) is 3.72. The molecule has 1 aromatic rings. The lowest BCUT2D eigenvalue weighted by molar-refractivity contribution is -0.115. The van der Waals surface area contributed by atoms with Crippen molar-refractivity contribution in [3.05, 3.63) is 41.5 Å². The Morgan fingerprint density at radius 2 is 2.27 bits per heavy atom. The number of carbonyl (C=O) groups excluding carboxylic acids is 1. The van der Waals surface area contributed by atoms with Gasteiger partial charge in [-0.1, -0.05) is 18.2 Å². The third-order valence-electron chi connectivity index (χ3n) is 2.65. The number of hydrogen-bond donors (Lipinski definition) is 0. The molecule has 0 radical (unpaired) electrons. The third kappa shape index (κ3) is 2.27. The highest BCUT2D eigenvalue weighted by Crippen LogP contribution is 2.20. The van der Waals surface area contributed by atoms with Crippen molar-refractivity contribution in [2.45, 2.75) is 19.3 Å². The van der Waals surface area contributed by atoms with Gasteiger partial charge in [-0.05, 0) is 29.7 Å². The fourth-order valence-electron chi connectivity index (χ4n) is 1.82. The van der Waals surface area contributed by atoms with E-state index in [9.17, 15) is 4.79 Å². The number of benzene rings is 1. The Morgan fingerprint density at radius 3 is 2.93 bits per heavy atom. The fourth-order valence-corrected chi connectivity index (χ4v) is 1.82. The Balaban J connectivity index is 2.13. The maximum atomic E-state index is 11.4. The molecule has 2 nitrogen and oxygen atoms in total. The summed E-state index contributed by atoms with van der Waals surface area (Å²) in [6, 6.07) is 7.86. The fraction of sp³-hybridized carbons (Fsp3) is 0.308. The zero-order chi connectivity index (χ0) is 10.7. The molecule has 0 atom stereocenters. The maximum Gasteiger partial charge on any atom is 0.159 e. The van der Waals surface area contributed by atoms with Gasteiger partial charge >= 0.3 is 0 Å². The molecule has 0 bridgehead atoms. The van der Waals surface area contributed by atoms with Crippen molar-refractivity contribution in [3.8, 4) is 5.75 Å². The van der Waals surface area contributed by atoms with Crippen molar-refractivity contribution in [1.29, 1.82) is 0 Å². The topological polar surface area (TPSA) is 26.3 Å². The minimum absolute atomic E-state index is 0.290. The SMILES string of the molecule is COc1cccc(CC2=CCCC2=O)c1. The van der Waals surface area contributed by atoms with Crippen molar-refractivity contribution >= 4 is 5.78 Å². The molecule has 1 aromatic carbocycles. The zero-order valence-corrected chi connectivity index (χ0v) is 8.82. The molecule has 0 N–H and O–H groups in total. The van der Waals surface area contributed by atoms with Crippen LogP contribution in [-0.2, 0) is 11.2 Å². The van der Waals surface area contributed by atoms with Gasteiger partial charge in [0.15, 0.2) is 5.78 Å². The molecule has 0 fully saturated rings. The van der Waals surface area contributed by atoms with E-state index >= 15 is 0 Å². The van der Waals surface area contributed by atoms with E-state index in [4.69, 9.17) is 4.74 Å². The highest BCUT2D eigenvalue weighted by Gasteiger charge is 2.14. The molecule has 1 aliphatic carbocycles. The van der Waals surface area contributed by atoms with Crippen LogP contribution in [0.4, 0.5) is 0 Å². The summed E-state index contributed by atoms with van der Waals surface area (Å²) in [6.07, 6.45) is 4.36. The summed E-state index contributed by atoms with van der Waals surface area (Å²) in [7, 11) is 1.65. The number of carbonyl (C=O) groups is 1. The first kappa shape index (κ1) is 9.97. The minimum Gasteiger partial charge on any atom is -0.497 e. The average molecular weight is 202 g/mol. The van der Waals surface area contributed by atoms with E-state index in [1.165, 1.54) is 0 Å². The monoisotopic (exact) mass is 202 g/mol. The molecule has 0 aliphatic heterocycles. The smallest absolute Gasteiger partial charge is 0.159 e. The Labute approximate surface area is 89.6 Å². The predicted molar refractivity (Wildman–Crippen MR) is 59.0 cm³/mol. The summed E-state index contributed by atoms with van der Waals surface area (Å²) in [6.45, 7) is 0. The molecule has 78 valence electrons. The molecule has 0 saturated heterocycles. The van der Waals surface area contributed by atoms with Crippen molar-refractivity contribution in [1.82, 2.24) is 0 Å². The van der Waals surface area contributed by atoms with Crippen LogP contribution in [0.2, 0.25) is 0 Å². The number of Topliss-reactive ketones (excluding diaryl/α,β-unsaturated/α-hetero) is 1. The average Bonchev–Trinajstić information content (AvgIpc) is 2.65. The molecule has 0 aromatic heterocycles. The van der Waals surface area contributed by atoms with Gasteiger partial charge in [-0.25, -0.2) is 0 Å². The highest BCUT2D eigenvalue weighted by molar-refractivity contribution is 5.97. The number of hydrogen-bond acceptors (Lipinski definition) is 2. The summed E-state index contributed by atoms with van der Waals surface area (Å²) in [4.78, 5) is 11.4. The first-order valence-corrected chi connectivity index (χ1v) is 5.15. The molecule has 2 rings (SSSR count). The number of rotatable bonds is 3. The Hall–Kier alpha value is -1.57. The van der Waals surface area contributed by atoms with Gasteiger partial charge in [0.1, 0.15) is 5.75 Å². The molecule has 0 spiro atoms. The van der Waals surface area contributed by atoms with Crippen molar-refractivity contribution < 1.29 is 9.53 Å². The van der Waals surface area contributed by atoms with Crippen molar-refractivity contribution in [2.75, 3.05) is 7.11 Å². The van der Waals surface area contributed by atoms with E-state index in [0.29, 0.717) is 6.42 Å². The van der Waals surface area contributed by atoms with Crippen LogP contribution in [0.5, 0.6) is 5.75 Å². The first-order chi connectivity index (χ1) is 7.29. The van der Waals surface area contributed by atoms with Gasteiger partial charge < -0.3 is 4.74 Å². The summed E-state index contributed by atoms with van der Waals surface area (Å²) in [5.41, 5.74) is 2.08. The van der Waals surface area contributed by atoms with Crippen LogP contribution in [0.15, 0.2) is 35.9 Å². The Bertz CT molecular complexity index is 405. The highest BCUT2D eigenvalue weighted by atomic mass is 16.5. The number of ketones is 1. The second-order valence-corrected chi connectivity index (χ2v) is 3.72. The van der Waals surface area contributed by atoms with Crippen molar-refractivity contribution in [3.63, 3.8) is 0 Å². The summed E-state index contributed by atoms with van der Waals surface area (Å²) in [5.74, 6) is 1.14. The molecule has 1 aliphatic rings. The standard InChI is InChI=1S/C13H14O2/c1-15-12-6-2-4-10(9-12)8-11-5-3-7-13(11)14/h2,4-6,9H,3,7-8H2,1H3. The van der Waals surface area contributed by atoms with E-state index in [1.54, 1.807) is 7.11 Å². The van der Waals surface area contributed by atoms with Gasteiger partial charge in [0.25, 0.3) is 0 Å². The zero-order valence-electron chi connectivity index (χ0n) is 8.82. The summed E-state index contributed by atoms with van der Waals surface area (Å²) >= 11 is 0. The van der Waals surface area contributed by atoms with E-state index in [-0.39, 0.29) is 5.78 Å². The lowest BCUT2D eigenvalue weighted by Gasteiger charge is -2.04. The Kier molecular flexibility index (Phi) is 2.86. The van der Waals surface area contributed by atoms with Gasteiger partial charge in [-0.2, -0.15) is 0 Å². The number of methoxy groups -OCH3 is 1. The van der Waals surface area contributed by atoms with Crippen LogP contribution in [0, 0.1) is 0 Å². The van der Waals surface area contributed by atoms with Gasteiger partial charge in [0.05, 0.1) is 7.11 Å². The first-order valence-electron chi connectivity index (χ1n) is 5.15. The van der Waals surface area contributed by atoms with E-state index in [0.717, 1.165) is 29.7 Å². The second kappa shape index (κ2) is 4.30. The quantitative estimate of drug-likeness (QED) is 0.752. The molecule has 0 saturated carbocycles. The molecule has 0 heterocycles. The van der Waals surface area contributed by atoms with E-state index in [1.807, 2.05) is 30.3 Å². The Morgan fingerprint density at radius 1 is 1.40 bits per heavy atom. The molecular weight excluding hydrogens is 188 g/mol. The van der Waals surface area contributed by atoms with Gasteiger partial charge in [0.2, 0.25) is 0 Å². The van der Waals surface area contributed by atoms with E-state index < -0.39 is 0 Å². The van der Waals surface area contributed by atoms with Crippen LogP contribution >= 0.6 is 0 Å². The van der Waals surface area contributed by atoms with Crippen molar-refractivity contribution in [2.24, 2.45) is 0 Å². The van der Waals surface area contributed by atoms with Crippen LogP contribution < -0.4 is 4.74 Å². The van der Waals surface area contributed by atoms with Crippen LogP contribution in [-0.4, -0.2) is 12.9 Å². The lowest BCUT2D eigenvalue weighted by Crippen LogP contribution is -1.99. The molecular formula is C13H14O2. The van der Waals surface area contributed by atoms with Crippen LogP contribution in [0.25, 0.3) is 0 Å². The number of allylic oxidation sites excluding steroid dienone is 2. The molecule has 2 heteroatoms. The minimum atomic E-state index is 0.290. The van der Waals surface area contributed by atoms with Crippen LogP contribution in [0.3, 0.4) is 0 Å². The van der Waals surface area contributed by atoms with Gasteiger partial charge in [-0.15, -0.1) is 0 Å². The van der Waals surface area contributed by atoms with Gasteiger partial charge in [0, 0.05) is 12.8 Å².